The Morgan fingerprint density at radius 2 is 1.85 bits per heavy atom. The van der Waals surface area contributed by atoms with Crippen molar-refractivity contribution in [3.63, 3.8) is 0 Å². The zero-order valence-electron chi connectivity index (χ0n) is 18.5. The Kier molecular flexibility index (Phi) is 6.06. The van der Waals surface area contributed by atoms with Crippen LogP contribution in [-0.4, -0.2) is 23.9 Å². The largest absolute Gasteiger partial charge is 0.514 e. The summed E-state index contributed by atoms with van der Waals surface area (Å²) < 4.78 is 21.3. The van der Waals surface area contributed by atoms with E-state index >= 15 is 0 Å². The van der Waals surface area contributed by atoms with Gasteiger partial charge in [-0.25, -0.2) is 14.6 Å². The number of anilines is 2. The quantitative estimate of drug-likeness (QED) is 0.218. The van der Waals surface area contributed by atoms with Gasteiger partial charge in [0, 0.05) is 10.8 Å². The van der Waals surface area contributed by atoms with Crippen molar-refractivity contribution in [3.8, 4) is 22.8 Å². The maximum atomic E-state index is 12.8. The van der Waals surface area contributed by atoms with E-state index in [9.17, 15) is 9.59 Å². The molecule has 0 aliphatic carbocycles. The van der Waals surface area contributed by atoms with Crippen LogP contribution in [0.15, 0.2) is 63.1 Å². The molecule has 0 bridgehead atoms. The summed E-state index contributed by atoms with van der Waals surface area (Å²) in [6.07, 6.45) is -0.881. The van der Waals surface area contributed by atoms with Crippen molar-refractivity contribution in [2.75, 3.05) is 12.4 Å². The third kappa shape index (κ3) is 5.15. The summed E-state index contributed by atoms with van der Waals surface area (Å²) in [5.41, 5.74) is 0.357. The number of nitrogens with one attached hydrogen (secondary N) is 1. The van der Waals surface area contributed by atoms with Gasteiger partial charge in [-0.05, 0) is 45.0 Å². The van der Waals surface area contributed by atoms with Gasteiger partial charge in [-0.1, -0.05) is 24.3 Å². The summed E-state index contributed by atoms with van der Waals surface area (Å²) in [4.78, 5) is 29.3. The highest BCUT2D eigenvalue weighted by Crippen LogP contribution is 2.32. The van der Waals surface area contributed by atoms with Gasteiger partial charge in [0.2, 0.25) is 0 Å². The van der Waals surface area contributed by atoms with Crippen molar-refractivity contribution in [2.24, 2.45) is 0 Å². The lowest BCUT2D eigenvalue weighted by atomic mass is 10.1. The Morgan fingerprint density at radius 1 is 1.09 bits per heavy atom. The zero-order chi connectivity index (χ0) is 23.6. The van der Waals surface area contributed by atoms with E-state index in [0.717, 1.165) is 5.69 Å². The number of para-hydroxylation sites is 3. The average molecular weight is 467 g/mol. The van der Waals surface area contributed by atoms with Gasteiger partial charge < -0.3 is 23.9 Å². The molecule has 0 aliphatic rings. The first kappa shape index (κ1) is 22.3. The van der Waals surface area contributed by atoms with Crippen molar-refractivity contribution in [1.82, 2.24) is 4.98 Å². The minimum absolute atomic E-state index is 0.0993. The number of aromatic nitrogens is 1. The van der Waals surface area contributed by atoms with Gasteiger partial charge in [0.1, 0.15) is 11.4 Å². The van der Waals surface area contributed by atoms with E-state index in [-0.39, 0.29) is 11.3 Å². The number of methoxy groups -OCH3 is 1. The minimum Gasteiger partial charge on any atom is -0.495 e. The zero-order valence-corrected chi connectivity index (χ0v) is 19.3. The van der Waals surface area contributed by atoms with Crippen molar-refractivity contribution in [2.45, 2.75) is 26.4 Å². The maximum absolute atomic E-state index is 12.8. The molecule has 2 aromatic heterocycles. The first-order valence-electron chi connectivity index (χ1n) is 10.1. The fourth-order valence-corrected chi connectivity index (χ4v) is 3.78. The molecule has 0 spiro atoms. The fraction of sp³-hybridized carbons (Fsp3) is 0.208. The standard InChI is InChI=1S/C24H22N2O6S/c1-24(2,3)32-23(28)30-19-11-7-8-14-12-15(21(27)31-20(14)19)17-13-33-22(26-17)25-16-9-5-6-10-18(16)29-4/h5-13H,1-4H3,(H,25,26). The average Bonchev–Trinajstić information content (AvgIpc) is 3.21. The van der Waals surface area contributed by atoms with E-state index in [2.05, 4.69) is 10.3 Å². The molecule has 0 atom stereocenters. The summed E-state index contributed by atoms with van der Waals surface area (Å²) in [5.74, 6) is 0.777. The van der Waals surface area contributed by atoms with E-state index in [0.29, 0.717) is 27.5 Å². The second kappa shape index (κ2) is 8.95. The lowest BCUT2D eigenvalue weighted by Crippen LogP contribution is -2.26. The summed E-state index contributed by atoms with van der Waals surface area (Å²) in [5, 5.41) is 6.13. The first-order chi connectivity index (χ1) is 15.7. The molecule has 1 N–H and O–H groups in total. The molecular formula is C24H22N2O6S. The Hall–Kier alpha value is -3.85. The SMILES string of the molecule is COc1ccccc1Nc1nc(-c2cc3cccc(OC(=O)OC(C)(C)C)c3oc2=O)cs1. The van der Waals surface area contributed by atoms with Gasteiger partial charge in [-0.2, -0.15) is 0 Å². The smallest absolute Gasteiger partial charge is 0.495 e. The molecule has 0 fully saturated rings. The second-order valence-electron chi connectivity index (χ2n) is 8.05. The number of ether oxygens (including phenoxy) is 3. The molecule has 0 amide bonds. The molecule has 4 aromatic rings. The molecule has 4 rings (SSSR count). The molecule has 33 heavy (non-hydrogen) atoms. The molecule has 8 nitrogen and oxygen atoms in total. The van der Waals surface area contributed by atoms with Crippen LogP contribution >= 0.6 is 11.3 Å². The van der Waals surface area contributed by atoms with Gasteiger partial charge in [-0.15, -0.1) is 11.3 Å². The van der Waals surface area contributed by atoms with Crippen LogP contribution in [-0.2, 0) is 4.74 Å². The van der Waals surface area contributed by atoms with E-state index in [4.69, 9.17) is 18.6 Å². The fourth-order valence-electron chi connectivity index (χ4n) is 3.06. The molecule has 170 valence electrons. The number of fused-ring (bicyclic) bond motifs is 1. The molecule has 0 aliphatic heterocycles. The van der Waals surface area contributed by atoms with Crippen molar-refractivity contribution >= 4 is 39.3 Å². The van der Waals surface area contributed by atoms with Crippen LogP contribution < -0.4 is 20.4 Å². The Bertz CT molecular complexity index is 1370. The number of carbonyl (C=O) groups excluding carboxylic acids is 1. The molecule has 0 radical (unpaired) electrons. The number of hydrogen-bond acceptors (Lipinski definition) is 9. The van der Waals surface area contributed by atoms with Crippen molar-refractivity contribution in [1.29, 1.82) is 0 Å². The predicted molar refractivity (Wildman–Crippen MR) is 127 cm³/mol. The van der Waals surface area contributed by atoms with Gasteiger partial charge in [0.05, 0.1) is 24.1 Å². The Balaban J connectivity index is 1.63. The van der Waals surface area contributed by atoms with Crippen LogP contribution in [0.25, 0.3) is 22.2 Å². The number of carbonyl (C=O) groups is 1. The van der Waals surface area contributed by atoms with E-state index in [1.807, 2.05) is 24.3 Å². The van der Waals surface area contributed by atoms with E-state index < -0.39 is 17.4 Å². The first-order valence-corrected chi connectivity index (χ1v) is 10.9. The van der Waals surface area contributed by atoms with Gasteiger partial charge >= 0.3 is 11.8 Å². The third-order valence-corrected chi connectivity index (χ3v) is 5.19. The Morgan fingerprint density at radius 3 is 2.61 bits per heavy atom. The van der Waals surface area contributed by atoms with Crippen LogP contribution in [0.5, 0.6) is 11.5 Å². The number of thiazole rings is 1. The summed E-state index contributed by atoms with van der Waals surface area (Å²) in [7, 11) is 1.59. The maximum Gasteiger partial charge on any atom is 0.514 e. The molecule has 2 aromatic carbocycles. The van der Waals surface area contributed by atoms with Crippen LogP contribution in [0.4, 0.5) is 15.6 Å². The van der Waals surface area contributed by atoms with Gasteiger partial charge in [0.25, 0.3) is 0 Å². The number of benzene rings is 2. The minimum atomic E-state index is -0.881. The normalized spacial score (nSPS) is 11.3. The van der Waals surface area contributed by atoms with Crippen LogP contribution in [0.1, 0.15) is 20.8 Å². The van der Waals surface area contributed by atoms with E-state index in [1.54, 1.807) is 51.5 Å². The molecule has 2 heterocycles. The number of hydrogen-bond donors (Lipinski definition) is 1. The van der Waals surface area contributed by atoms with E-state index in [1.165, 1.54) is 17.4 Å². The molecule has 0 saturated carbocycles. The van der Waals surface area contributed by atoms with Crippen molar-refractivity contribution < 1.29 is 23.4 Å². The van der Waals surface area contributed by atoms with Gasteiger partial charge in [-0.3, -0.25) is 0 Å². The molecule has 0 unspecified atom stereocenters. The lowest BCUT2D eigenvalue weighted by molar-refractivity contribution is 0.0207. The third-order valence-electron chi connectivity index (χ3n) is 4.44. The topological polar surface area (TPSA) is 99.9 Å². The highest BCUT2D eigenvalue weighted by atomic mass is 32.1. The van der Waals surface area contributed by atoms with Crippen LogP contribution in [0.3, 0.4) is 0 Å². The molecular weight excluding hydrogens is 444 g/mol. The summed E-state index contributed by atoms with van der Waals surface area (Å²) >= 11 is 1.35. The van der Waals surface area contributed by atoms with Crippen LogP contribution in [0.2, 0.25) is 0 Å². The summed E-state index contributed by atoms with van der Waals surface area (Å²) in [6, 6.07) is 14.1. The second-order valence-corrected chi connectivity index (χ2v) is 8.91. The highest BCUT2D eigenvalue weighted by Gasteiger charge is 2.20. The monoisotopic (exact) mass is 466 g/mol. The summed E-state index contributed by atoms with van der Waals surface area (Å²) in [6.45, 7) is 5.19. The lowest BCUT2D eigenvalue weighted by Gasteiger charge is -2.18. The predicted octanol–water partition coefficient (Wildman–Crippen LogP) is 5.98. The van der Waals surface area contributed by atoms with Crippen molar-refractivity contribution in [3.05, 3.63) is 64.3 Å². The number of nitrogens with zero attached hydrogens (tertiary/aromatic N) is 1. The Labute approximate surface area is 193 Å². The molecule has 9 heteroatoms. The highest BCUT2D eigenvalue weighted by molar-refractivity contribution is 7.14. The van der Waals surface area contributed by atoms with Gasteiger partial charge in [0.15, 0.2) is 16.5 Å². The van der Waals surface area contributed by atoms with Crippen LogP contribution in [0, 0.1) is 0 Å². The number of rotatable bonds is 5. The molecule has 0 saturated heterocycles.